The molecule has 3 atom stereocenters. The Morgan fingerprint density at radius 3 is 2.41 bits per heavy atom. The van der Waals surface area contributed by atoms with Crippen LogP contribution >= 0.6 is 0 Å². The Bertz CT molecular complexity index is 481. The second kappa shape index (κ2) is 12.2. The lowest BCUT2D eigenvalue weighted by Crippen LogP contribution is -2.22. The average molecular weight is 381 g/mol. The van der Waals surface area contributed by atoms with Crippen LogP contribution in [0, 0.1) is 23.2 Å². The number of hydrogen-bond acceptors (Lipinski definition) is 2. The molecule has 1 fully saturated rings. The van der Waals surface area contributed by atoms with E-state index in [1.54, 1.807) is 0 Å². The number of rotatable bonds is 14. The zero-order chi connectivity index (χ0) is 20.3. The molecule has 1 aliphatic carbocycles. The van der Waals surface area contributed by atoms with Gasteiger partial charge in [0.15, 0.2) is 0 Å². The van der Waals surface area contributed by atoms with Gasteiger partial charge in [-0.15, -0.1) is 0 Å². The topological polar surface area (TPSA) is 74.6 Å². The van der Waals surface area contributed by atoms with Crippen LogP contribution in [-0.2, 0) is 9.59 Å². The summed E-state index contributed by atoms with van der Waals surface area (Å²) in [6.45, 7) is 6.22. The quantitative estimate of drug-likeness (QED) is 0.274. The van der Waals surface area contributed by atoms with E-state index in [-0.39, 0.29) is 23.7 Å². The molecule has 0 aliphatic heterocycles. The molecule has 0 bridgehead atoms. The highest BCUT2D eigenvalue weighted by Crippen LogP contribution is 2.42. The van der Waals surface area contributed by atoms with Crippen molar-refractivity contribution in [1.29, 1.82) is 0 Å². The molecule has 156 valence electrons. The standard InChI is InChI=1S/C23H40O4/c1-4-5-6-7-8-9-12-18-14-15-20(22(26)27)19(18)13-10-11-16-23(2,3)17-21(24)25/h9,12,18-20H,4-8,10-11,13-17H2,1-3H3,(H,24,25)(H,26,27)/t18-,19+,20+/m0/s1. The first kappa shape index (κ1) is 23.7. The molecule has 0 aromatic heterocycles. The second-order valence-electron chi connectivity index (χ2n) is 9.11. The molecular formula is C23H40O4. The average Bonchev–Trinajstić information content (AvgIpc) is 2.97. The van der Waals surface area contributed by atoms with Gasteiger partial charge >= 0.3 is 11.9 Å². The lowest BCUT2D eigenvalue weighted by Gasteiger charge is -2.24. The highest BCUT2D eigenvalue weighted by atomic mass is 16.4. The fourth-order valence-corrected chi connectivity index (χ4v) is 4.50. The van der Waals surface area contributed by atoms with Crippen molar-refractivity contribution in [2.45, 2.75) is 97.8 Å². The molecule has 1 rings (SSSR count). The monoisotopic (exact) mass is 380 g/mol. The zero-order valence-corrected chi connectivity index (χ0v) is 17.6. The van der Waals surface area contributed by atoms with Crippen LogP contribution in [-0.4, -0.2) is 22.2 Å². The van der Waals surface area contributed by atoms with Crippen LogP contribution in [0.4, 0.5) is 0 Å². The summed E-state index contributed by atoms with van der Waals surface area (Å²) >= 11 is 0. The van der Waals surface area contributed by atoms with Gasteiger partial charge < -0.3 is 10.2 Å². The number of carboxylic acids is 2. The summed E-state index contributed by atoms with van der Waals surface area (Å²) in [5, 5.41) is 18.6. The Morgan fingerprint density at radius 1 is 1.04 bits per heavy atom. The summed E-state index contributed by atoms with van der Waals surface area (Å²) < 4.78 is 0. The molecule has 0 aromatic carbocycles. The van der Waals surface area contributed by atoms with Crippen molar-refractivity contribution in [1.82, 2.24) is 0 Å². The lowest BCUT2D eigenvalue weighted by atomic mass is 9.81. The minimum atomic E-state index is -0.745. The first-order valence-electron chi connectivity index (χ1n) is 10.9. The SMILES string of the molecule is CCCCCCC=C[C@H]1CC[C@@H](C(=O)O)[C@@H]1CCCCC(C)(C)CC(=O)O. The van der Waals surface area contributed by atoms with Crippen molar-refractivity contribution in [2.24, 2.45) is 23.2 Å². The third-order valence-electron chi connectivity index (χ3n) is 6.07. The molecule has 4 nitrogen and oxygen atoms in total. The second-order valence-corrected chi connectivity index (χ2v) is 9.11. The number of allylic oxidation sites excluding steroid dienone is 2. The van der Waals surface area contributed by atoms with Gasteiger partial charge in [-0.25, -0.2) is 0 Å². The molecule has 0 unspecified atom stereocenters. The third-order valence-corrected chi connectivity index (χ3v) is 6.07. The van der Waals surface area contributed by atoms with E-state index in [0.29, 0.717) is 5.92 Å². The van der Waals surface area contributed by atoms with Crippen LogP contribution in [0.3, 0.4) is 0 Å². The molecule has 0 spiro atoms. The Labute approximate surface area is 165 Å². The smallest absolute Gasteiger partial charge is 0.306 e. The van der Waals surface area contributed by atoms with E-state index in [1.165, 1.54) is 25.7 Å². The van der Waals surface area contributed by atoms with Crippen LogP contribution in [0.25, 0.3) is 0 Å². The maximum atomic E-state index is 11.6. The fraction of sp³-hybridized carbons (Fsp3) is 0.826. The van der Waals surface area contributed by atoms with Gasteiger partial charge in [0.25, 0.3) is 0 Å². The maximum Gasteiger partial charge on any atom is 0.306 e. The summed E-state index contributed by atoms with van der Waals surface area (Å²) in [5.41, 5.74) is -0.189. The van der Waals surface area contributed by atoms with Crippen molar-refractivity contribution in [2.75, 3.05) is 0 Å². The molecule has 0 radical (unpaired) electrons. The normalized spacial score (nSPS) is 23.1. The van der Waals surface area contributed by atoms with Gasteiger partial charge in [-0.05, 0) is 55.8 Å². The number of carboxylic acid groups (broad SMARTS) is 2. The molecule has 0 amide bonds. The fourth-order valence-electron chi connectivity index (χ4n) is 4.50. The summed E-state index contributed by atoms with van der Waals surface area (Å²) in [6.07, 6.45) is 16.4. The van der Waals surface area contributed by atoms with E-state index in [0.717, 1.165) is 44.9 Å². The predicted octanol–water partition coefficient (Wildman–Crippen LogP) is 6.30. The van der Waals surface area contributed by atoms with Crippen LogP contribution < -0.4 is 0 Å². The van der Waals surface area contributed by atoms with Gasteiger partial charge in [0.05, 0.1) is 12.3 Å². The van der Waals surface area contributed by atoms with Crippen LogP contribution in [0.2, 0.25) is 0 Å². The molecule has 27 heavy (non-hydrogen) atoms. The van der Waals surface area contributed by atoms with Crippen LogP contribution in [0.1, 0.15) is 97.8 Å². The third kappa shape index (κ3) is 9.44. The van der Waals surface area contributed by atoms with E-state index in [9.17, 15) is 14.7 Å². The van der Waals surface area contributed by atoms with Gasteiger partial charge in [-0.3, -0.25) is 9.59 Å². The summed E-state index contributed by atoms with van der Waals surface area (Å²) in [7, 11) is 0. The molecule has 1 saturated carbocycles. The summed E-state index contributed by atoms with van der Waals surface area (Å²) in [4.78, 5) is 22.6. The number of carbonyl (C=O) groups is 2. The zero-order valence-electron chi connectivity index (χ0n) is 17.6. The largest absolute Gasteiger partial charge is 0.481 e. The van der Waals surface area contributed by atoms with Crippen LogP contribution in [0.5, 0.6) is 0 Å². The molecule has 4 heteroatoms. The van der Waals surface area contributed by atoms with Crippen molar-refractivity contribution < 1.29 is 19.8 Å². The highest BCUT2D eigenvalue weighted by Gasteiger charge is 2.38. The van der Waals surface area contributed by atoms with Gasteiger partial charge in [0.2, 0.25) is 0 Å². The van der Waals surface area contributed by atoms with E-state index in [2.05, 4.69) is 19.1 Å². The van der Waals surface area contributed by atoms with E-state index < -0.39 is 11.9 Å². The lowest BCUT2D eigenvalue weighted by molar-refractivity contribution is -0.143. The van der Waals surface area contributed by atoms with Crippen molar-refractivity contribution in [3.05, 3.63) is 12.2 Å². The molecular weight excluding hydrogens is 340 g/mol. The Morgan fingerprint density at radius 2 is 1.78 bits per heavy atom. The Hall–Kier alpha value is -1.32. The minimum Gasteiger partial charge on any atom is -0.481 e. The number of hydrogen-bond donors (Lipinski definition) is 2. The predicted molar refractivity (Wildman–Crippen MR) is 110 cm³/mol. The first-order chi connectivity index (χ1) is 12.8. The van der Waals surface area contributed by atoms with E-state index in [4.69, 9.17) is 5.11 Å². The van der Waals surface area contributed by atoms with Gasteiger partial charge in [0.1, 0.15) is 0 Å². The number of aliphatic carboxylic acids is 2. The van der Waals surface area contributed by atoms with Crippen molar-refractivity contribution >= 4 is 11.9 Å². The molecule has 2 N–H and O–H groups in total. The van der Waals surface area contributed by atoms with Gasteiger partial charge in [0, 0.05) is 0 Å². The first-order valence-corrected chi connectivity index (χ1v) is 10.9. The van der Waals surface area contributed by atoms with Gasteiger partial charge in [-0.2, -0.15) is 0 Å². The van der Waals surface area contributed by atoms with Crippen molar-refractivity contribution in [3.63, 3.8) is 0 Å². The van der Waals surface area contributed by atoms with Crippen molar-refractivity contribution in [3.8, 4) is 0 Å². The summed E-state index contributed by atoms with van der Waals surface area (Å²) in [6, 6.07) is 0. The molecule has 0 heterocycles. The summed E-state index contributed by atoms with van der Waals surface area (Å²) in [5.74, 6) is -0.982. The van der Waals surface area contributed by atoms with E-state index in [1.807, 2.05) is 13.8 Å². The Kier molecular flexibility index (Phi) is 10.7. The molecule has 0 aromatic rings. The minimum absolute atomic E-state index is 0.189. The molecule has 1 aliphatic rings. The van der Waals surface area contributed by atoms with Gasteiger partial charge in [-0.1, -0.05) is 65.0 Å². The van der Waals surface area contributed by atoms with Crippen LogP contribution in [0.15, 0.2) is 12.2 Å². The molecule has 0 saturated heterocycles. The number of unbranched alkanes of at least 4 members (excludes halogenated alkanes) is 5. The Balaban J connectivity index is 2.46. The van der Waals surface area contributed by atoms with E-state index >= 15 is 0 Å². The highest BCUT2D eigenvalue weighted by molar-refractivity contribution is 5.71. The maximum absolute atomic E-state index is 11.6.